The number of fused-ring (bicyclic) bond motifs is 3. The van der Waals surface area contributed by atoms with Gasteiger partial charge in [0.05, 0.1) is 42.3 Å². The van der Waals surface area contributed by atoms with Crippen LogP contribution >= 0.6 is 23.2 Å². The van der Waals surface area contributed by atoms with Crippen molar-refractivity contribution in [3.8, 4) is 11.5 Å². The Morgan fingerprint density at radius 1 is 1.09 bits per heavy atom. The van der Waals surface area contributed by atoms with Gasteiger partial charge in [-0.1, -0.05) is 55.0 Å². The highest BCUT2D eigenvalue weighted by Crippen LogP contribution is 2.51. The molecule has 2 aliphatic carbocycles. The van der Waals surface area contributed by atoms with Gasteiger partial charge in [-0.2, -0.15) is 0 Å². The Bertz CT molecular complexity index is 1380. The molecule has 1 fully saturated rings. The Morgan fingerprint density at radius 2 is 1.86 bits per heavy atom. The van der Waals surface area contributed by atoms with Crippen LogP contribution in [0.15, 0.2) is 42.0 Å². The van der Waals surface area contributed by atoms with E-state index in [-0.39, 0.29) is 32.2 Å². The van der Waals surface area contributed by atoms with Crippen molar-refractivity contribution in [1.82, 2.24) is 10.2 Å². The largest absolute Gasteiger partial charge is 0.493 e. The Balaban J connectivity index is 1.55. The first-order valence-electron chi connectivity index (χ1n) is 14.8. The van der Waals surface area contributed by atoms with Gasteiger partial charge in [0.1, 0.15) is 12.2 Å². The third-order valence-electron chi connectivity index (χ3n) is 8.75. The van der Waals surface area contributed by atoms with Crippen molar-refractivity contribution in [2.45, 2.75) is 75.8 Å². The van der Waals surface area contributed by atoms with Gasteiger partial charge in [0.15, 0.2) is 11.5 Å². The van der Waals surface area contributed by atoms with Crippen molar-refractivity contribution in [3.05, 3.63) is 68.7 Å². The number of aliphatic hydroxyl groups excluding tert-OH is 3. The minimum Gasteiger partial charge on any atom is -0.493 e. The number of carbonyl (C=O) groups excluding carboxylic acids is 2. The second-order valence-electron chi connectivity index (χ2n) is 11.5. The fourth-order valence-electron chi connectivity index (χ4n) is 6.58. The summed E-state index contributed by atoms with van der Waals surface area (Å²) in [6.45, 7) is -0.346. The maximum absolute atomic E-state index is 13.9. The van der Waals surface area contributed by atoms with Crippen molar-refractivity contribution in [1.29, 1.82) is 0 Å². The highest BCUT2D eigenvalue weighted by Gasteiger charge is 2.51. The monoisotopic (exact) mass is 632 g/mol. The second kappa shape index (κ2) is 13.9. The number of aliphatic hydroxyl groups is 3. The van der Waals surface area contributed by atoms with Crippen LogP contribution in [0, 0.1) is 5.92 Å². The molecule has 0 saturated heterocycles. The average Bonchev–Trinajstić information content (AvgIpc) is 3.68. The molecule has 2 aromatic rings. The zero-order valence-corrected chi connectivity index (χ0v) is 25.6. The molecule has 2 amide bonds. The van der Waals surface area contributed by atoms with Gasteiger partial charge in [0, 0.05) is 30.6 Å². The van der Waals surface area contributed by atoms with Gasteiger partial charge in [-0.15, -0.1) is 0 Å². The van der Waals surface area contributed by atoms with Gasteiger partial charge in [0.2, 0.25) is 11.8 Å². The number of carbonyl (C=O) groups is 2. The second-order valence-corrected chi connectivity index (χ2v) is 12.3. The number of benzene rings is 2. The van der Waals surface area contributed by atoms with Crippen LogP contribution in [0.2, 0.25) is 10.0 Å². The van der Waals surface area contributed by atoms with E-state index in [0.717, 1.165) is 24.8 Å². The molecule has 4 N–H and O–H groups in total. The lowest BCUT2D eigenvalue weighted by molar-refractivity contribution is -0.138. The highest BCUT2D eigenvalue weighted by molar-refractivity contribution is 6.42. The van der Waals surface area contributed by atoms with E-state index in [4.69, 9.17) is 32.7 Å². The molecular weight excluding hydrogens is 595 g/mol. The maximum Gasteiger partial charge on any atom is 0.247 e. The maximum atomic E-state index is 13.9. The molecule has 43 heavy (non-hydrogen) atoms. The zero-order valence-electron chi connectivity index (χ0n) is 24.1. The van der Waals surface area contributed by atoms with Crippen LogP contribution < -0.4 is 14.8 Å². The molecule has 2 aromatic carbocycles. The summed E-state index contributed by atoms with van der Waals surface area (Å²) in [6, 6.07) is 7.63. The molecule has 1 aliphatic heterocycles. The minimum atomic E-state index is -1.20. The van der Waals surface area contributed by atoms with Crippen LogP contribution in [0.3, 0.4) is 0 Å². The van der Waals surface area contributed by atoms with Crippen LogP contribution in [-0.4, -0.2) is 70.5 Å². The van der Waals surface area contributed by atoms with Gasteiger partial charge in [-0.3, -0.25) is 9.59 Å². The molecule has 5 rings (SSSR count). The predicted octanol–water partition coefficient (Wildman–Crippen LogP) is 4.12. The fraction of sp³-hybridized carbons (Fsp3) is 0.500. The number of amides is 2. The molecule has 0 radical (unpaired) electrons. The number of hydrogen-bond acceptors (Lipinski definition) is 7. The lowest BCUT2D eigenvalue weighted by Gasteiger charge is -2.41. The highest BCUT2D eigenvalue weighted by atomic mass is 35.5. The number of nitrogens with one attached hydrogen (secondary N) is 1. The van der Waals surface area contributed by atoms with Gasteiger partial charge < -0.3 is 35.0 Å². The topological polar surface area (TPSA) is 129 Å². The number of halogens is 2. The first-order chi connectivity index (χ1) is 20.7. The van der Waals surface area contributed by atoms with Gasteiger partial charge in [-0.05, 0) is 53.8 Å². The van der Waals surface area contributed by atoms with E-state index in [2.05, 4.69) is 5.32 Å². The molecule has 9 nitrogen and oxygen atoms in total. The molecule has 232 valence electrons. The van der Waals surface area contributed by atoms with E-state index in [9.17, 15) is 24.9 Å². The molecule has 0 bridgehead atoms. The molecule has 11 heteroatoms. The van der Waals surface area contributed by atoms with Crippen LogP contribution in [0.5, 0.6) is 11.5 Å². The van der Waals surface area contributed by atoms with Gasteiger partial charge >= 0.3 is 0 Å². The summed E-state index contributed by atoms with van der Waals surface area (Å²) < 4.78 is 11.8. The van der Waals surface area contributed by atoms with E-state index < -0.39 is 30.1 Å². The normalized spacial score (nSPS) is 22.8. The lowest BCUT2D eigenvalue weighted by atomic mass is 9.77. The Hall–Kier alpha value is -2.82. The number of nitrogens with zero attached hydrogens (tertiary/aromatic N) is 1. The van der Waals surface area contributed by atoms with E-state index >= 15 is 0 Å². The quantitative estimate of drug-likeness (QED) is 0.293. The Kier molecular flexibility index (Phi) is 10.2. The van der Waals surface area contributed by atoms with Gasteiger partial charge in [0.25, 0.3) is 0 Å². The van der Waals surface area contributed by atoms with Crippen LogP contribution in [0.4, 0.5) is 0 Å². The molecule has 3 aliphatic rings. The molecule has 0 spiro atoms. The fourth-order valence-corrected chi connectivity index (χ4v) is 6.90. The van der Waals surface area contributed by atoms with Crippen molar-refractivity contribution in [2.75, 3.05) is 20.3 Å². The first-order valence-corrected chi connectivity index (χ1v) is 15.5. The summed E-state index contributed by atoms with van der Waals surface area (Å²) >= 11 is 12.5. The minimum absolute atomic E-state index is 0.0296. The summed E-state index contributed by atoms with van der Waals surface area (Å²) in [7, 11) is 1.48. The standard InChI is InChI=1S/C32H38Cl2N2O7/c1-42-26-14-20(17-38)12-21-28-22(32(41)35-10-11-37)15-25(29(40)31(28)43-30(21)26)36(16-19-6-8-23(33)24(34)13-19)27(39)9-7-18-4-2-3-5-18/h6,8,12-15,18,25,28-29,31,37-38,40H,2-5,7,9-11,16-17H2,1H3,(H,35,41). The zero-order chi connectivity index (χ0) is 30.7. The van der Waals surface area contributed by atoms with Crippen molar-refractivity contribution in [2.24, 2.45) is 5.92 Å². The summed E-state index contributed by atoms with van der Waals surface area (Å²) in [5, 5.41) is 34.6. The van der Waals surface area contributed by atoms with Crippen molar-refractivity contribution < 1.29 is 34.4 Å². The Labute approximate surface area is 261 Å². The first kappa shape index (κ1) is 31.6. The van der Waals surface area contributed by atoms with Crippen LogP contribution in [0.25, 0.3) is 0 Å². The van der Waals surface area contributed by atoms with E-state index in [1.165, 1.54) is 20.0 Å². The summed E-state index contributed by atoms with van der Waals surface area (Å²) in [5.41, 5.74) is 2.18. The molecule has 1 heterocycles. The molecular formula is C32H38Cl2N2O7. The number of rotatable bonds is 11. The van der Waals surface area contributed by atoms with Crippen LogP contribution in [0.1, 0.15) is 61.1 Å². The Morgan fingerprint density at radius 3 is 2.53 bits per heavy atom. The molecule has 4 unspecified atom stereocenters. The molecule has 1 saturated carbocycles. The third kappa shape index (κ3) is 6.66. The smallest absolute Gasteiger partial charge is 0.247 e. The lowest BCUT2D eigenvalue weighted by Crippen LogP contribution is -2.55. The van der Waals surface area contributed by atoms with Gasteiger partial charge in [-0.25, -0.2) is 0 Å². The predicted molar refractivity (Wildman–Crippen MR) is 162 cm³/mol. The van der Waals surface area contributed by atoms with E-state index in [0.29, 0.717) is 50.6 Å². The average molecular weight is 634 g/mol. The van der Waals surface area contributed by atoms with Crippen LogP contribution in [-0.2, 0) is 22.7 Å². The third-order valence-corrected chi connectivity index (χ3v) is 9.49. The summed E-state index contributed by atoms with van der Waals surface area (Å²) in [4.78, 5) is 29.1. The number of methoxy groups -OCH3 is 1. The summed E-state index contributed by atoms with van der Waals surface area (Å²) in [5.74, 6) is -0.0523. The number of ether oxygens (including phenoxy) is 2. The molecule has 0 aromatic heterocycles. The summed E-state index contributed by atoms with van der Waals surface area (Å²) in [6.07, 6.45) is 5.13. The molecule has 4 atom stereocenters. The van der Waals surface area contributed by atoms with E-state index in [1.807, 2.05) is 0 Å². The van der Waals surface area contributed by atoms with Crippen molar-refractivity contribution in [3.63, 3.8) is 0 Å². The SMILES string of the molecule is COc1cc(CO)cc2c1OC1C2C(C(=O)NCCO)=CC(N(Cc2ccc(Cl)c(Cl)c2)C(=O)CCC2CCCC2)C1O. The van der Waals surface area contributed by atoms with Crippen molar-refractivity contribution >= 4 is 35.0 Å². The number of hydrogen-bond donors (Lipinski definition) is 4. The van der Waals surface area contributed by atoms with E-state index in [1.54, 1.807) is 41.3 Å².